The number of benzene rings is 1. The van der Waals surface area contributed by atoms with Crippen LogP contribution in [-0.4, -0.2) is 29.7 Å². The van der Waals surface area contributed by atoms with Gasteiger partial charge in [0.1, 0.15) is 6.07 Å². The average molecular weight is 399 g/mol. The van der Waals surface area contributed by atoms with Crippen LogP contribution in [0.1, 0.15) is 19.4 Å². The Balaban J connectivity index is 2.92. The van der Waals surface area contributed by atoms with Crippen molar-refractivity contribution < 1.29 is 9.53 Å². The number of nitrogens with zero attached hydrogens (tertiary/aromatic N) is 3. The van der Waals surface area contributed by atoms with Crippen molar-refractivity contribution in [2.45, 2.75) is 13.8 Å². The van der Waals surface area contributed by atoms with Crippen molar-refractivity contribution in [2.24, 2.45) is 10.1 Å². The maximum Gasteiger partial charge on any atom is 0.350 e. The van der Waals surface area contributed by atoms with Gasteiger partial charge in [-0.2, -0.15) is 10.4 Å². The smallest absolute Gasteiger partial charge is 0.350 e. The zero-order chi connectivity index (χ0) is 18.8. The third-order valence-corrected chi connectivity index (χ3v) is 4.10. The van der Waals surface area contributed by atoms with Crippen molar-refractivity contribution in [1.29, 1.82) is 5.26 Å². The van der Waals surface area contributed by atoms with E-state index < -0.39 is 5.97 Å². The number of carbonyl (C=O) groups is 1. The lowest BCUT2D eigenvalue weighted by Crippen LogP contribution is -2.16. The number of aliphatic imine (C=N–C) groups is 1. The van der Waals surface area contributed by atoms with Gasteiger partial charge in [-0.25, -0.2) is 9.79 Å². The SMILES string of the molecule is CCOC(=O)C(C#N)=CN=C(NN=C(C)c1ccc(Cl)c(Cl)c1)SC. The number of rotatable bonds is 5. The van der Waals surface area contributed by atoms with Crippen LogP contribution < -0.4 is 5.43 Å². The predicted molar refractivity (Wildman–Crippen MR) is 103 cm³/mol. The van der Waals surface area contributed by atoms with E-state index in [9.17, 15) is 4.79 Å². The maximum atomic E-state index is 11.5. The number of amidine groups is 1. The zero-order valence-electron chi connectivity index (χ0n) is 13.8. The second-order valence-electron chi connectivity index (χ2n) is 4.45. The summed E-state index contributed by atoms with van der Waals surface area (Å²) in [5.74, 6) is -0.718. The third kappa shape index (κ3) is 6.78. The van der Waals surface area contributed by atoms with E-state index in [4.69, 9.17) is 33.2 Å². The number of hydrazone groups is 1. The summed E-state index contributed by atoms with van der Waals surface area (Å²) in [4.78, 5) is 15.6. The van der Waals surface area contributed by atoms with Gasteiger partial charge in [0.2, 0.25) is 0 Å². The van der Waals surface area contributed by atoms with Gasteiger partial charge in [-0.3, -0.25) is 5.43 Å². The van der Waals surface area contributed by atoms with Crippen LogP contribution in [0.3, 0.4) is 0 Å². The molecule has 1 aromatic rings. The van der Waals surface area contributed by atoms with Crippen LogP contribution in [0.25, 0.3) is 0 Å². The van der Waals surface area contributed by atoms with Gasteiger partial charge < -0.3 is 4.74 Å². The van der Waals surface area contributed by atoms with Gasteiger partial charge in [-0.1, -0.05) is 41.0 Å². The Morgan fingerprint density at radius 1 is 1.44 bits per heavy atom. The fourth-order valence-electron chi connectivity index (χ4n) is 1.50. The van der Waals surface area contributed by atoms with Crippen LogP contribution in [0.4, 0.5) is 0 Å². The van der Waals surface area contributed by atoms with Gasteiger partial charge in [0.15, 0.2) is 10.7 Å². The summed E-state index contributed by atoms with van der Waals surface area (Å²) < 4.78 is 4.76. The number of hydrogen-bond donors (Lipinski definition) is 1. The molecule has 0 heterocycles. The molecule has 0 radical (unpaired) electrons. The Morgan fingerprint density at radius 2 is 2.16 bits per heavy atom. The molecule has 0 aromatic heterocycles. The Bertz CT molecular complexity index is 770. The van der Waals surface area contributed by atoms with Crippen LogP contribution in [0.5, 0.6) is 0 Å². The fraction of sp³-hybridized carbons (Fsp3) is 0.250. The first-order chi connectivity index (χ1) is 11.9. The summed E-state index contributed by atoms with van der Waals surface area (Å²) in [5.41, 5.74) is 4.03. The fourth-order valence-corrected chi connectivity index (χ4v) is 2.10. The van der Waals surface area contributed by atoms with Crippen molar-refractivity contribution in [3.8, 4) is 6.07 Å². The molecule has 0 spiro atoms. The molecule has 0 saturated carbocycles. The van der Waals surface area contributed by atoms with Crippen LogP contribution in [0.2, 0.25) is 10.0 Å². The topological polar surface area (TPSA) is 86.8 Å². The Labute approximate surface area is 160 Å². The van der Waals surface area contributed by atoms with Gasteiger partial charge in [0, 0.05) is 0 Å². The summed E-state index contributed by atoms with van der Waals surface area (Å²) in [6.07, 6.45) is 2.92. The van der Waals surface area contributed by atoms with E-state index in [-0.39, 0.29) is 12.2 Å². The molecule has 1 rings (SSSR count). The highest BCUT2D eigenvalue weighted by Gasteiger charge is 2.09. The number of esters is 1. The van der Waals surface area contributed by atoms with Crippen molar-refractivity contribution in [3.63, 3.8) is 0 Å². The van der Waals surface area contributed by atoms with E-state index >= 15 is 0 Å². The molecule has 6 nitrogen and oxygen atoms in total. The number of carbonyl (C=O) groups excluding carboxylic acids is 1. The summed E-state index contributed by atoms with van der Waals surface area (Å²) in [5, 5.41) is 14.5. The van der Waals surface area contributed by atoms with Gasteiger partial charge in [-0.15, -0.1) is 0 Å². The summed E-state index contributed by atoms with van der Waals surface area (Å²) >= 11 is 13.1. The molecule has 1 aromatic carbocycles. The highest BCUT2D eigenvalue weighted by molar-refractivity contribution is 8.13. The highest BCUT2D eigenvalue weighted by atomic mass is 35.5. The molecule has 132 valence electrons. The molecule has 0 atom stereocenters. The van der Waals surface area contributed by atoms with Gasteiger partial charge >= 0.3 is 5.97 Å². The molecule has 9 heteroatoms. The first-order valence-electron chi connectivity index (χ1n) is 7.07. The number of thioether (sulfide) groups is 1. The molecular formula is C16H16Cl2N4O2S. The van der Waals surface area contributed by atoms with E-state index in [0.717, 1.165) is 11.8 Å². The lowest BCUT2D eigenvalue weighted by molar-refractivity contribution is -0.138. The van der Waals surface area contributed by atoms with E-state index in [2.05, 4.69) is 15.5 Å². The first-order valence-corrected chi connectivity index (χ1v) is 9.05. The van der Waals surface area contributed by atoms with E-state index in [1.165, 1.54) is 11.8 Å². The molecule has 0 bridgehead atoms. The molecular weight excluding hydrogens is 383 g/mol. The number of halogens is 2. The standard InChI is InChI=1S/C16H16Cl2N4O2S/c1-4-24-15(23)12(8-19)9-20-16(25-3)22-21-10(2)11-5-6-13(17)14(18)7-11/h5-7,9H,4H2,1-3H3,(H,20,22). The van der Waals surface area contributed by atoms with E-state index in [1.807, 2.05) is 0 Å². The van der Waals surface area contributed by atoms with Gasteiger partial charge in [0.05, 0.1) is 28.6 Å². The second kappa shape index (κ2) is 10.8. The normalized spacial score (nSPS) is 12.6. The van der Waals surface area contributed by atoms with Crippen molar-refractivity contribution >= 4 is 51.8 Å². The Morgan fingerprint density at radius 3 is 2.72 bits per heavy atom. The third-order valence-electron chi connectivity index (χ3n) is 2.78. The van der Waals surface area contributed by atoms with E-state index in [1.54, 1.807) is 44.4 Å². The van der Waals surface area contributed by atoms with Crippen molar-refractivity contribution in [1.82, 2.24) is 5.43 Å². The highest BCUT2D eigenvalue weighted by Crippen LogP contribution is 2.22. The summed E-state index contributed by atoms with van der Waals surface area (Å²) in [6.45, 7) is 3.63. The largest absolute Gasteiger partial charge is 0.462 e. The minimum Gasteiger partial charge on any atom is -0.462 e. The molecule has 25 heavy (non-hydrogen) atoms. The number of nitriles is 1. The lowest BCUT2D eigenvalue weighted by atomic mass is 10.1. The first kappa shape index (κ1) is 21.0. The van der Waals surface area contributed by atoms with Gasteiger partial charge in [0.25, 0.3) is 0 Å². The van der Waals surface area contributed by atoms with Crippen LogP contribution >= 0.6 is 35.0 Å². The average Bonchev–Trinajstić information content (AvgIpc) is 2.60. The van der Waals surface area contributed by atoms with Crippen molar-refractivity contribution in [2.75, 3.05) is 12.9 Å². The number of hydrogen-bond acceptors (Lipinski definition) is 6. The van der Waals surface area contributed by atoms with Crippen LogP contribution in [-0.2, 0) is 9.53 Å². The van der Waals surface area contributed by atoms with Gasteiger partial charge in [-0.05, 0) is 37.8 Å². The van der Waals surface area contributed by atoms with Crippen LogP contribution in [0.15, 0.2) is 40.1 Å². The molecule has 0 saturated heterocycles. The monoisotopic (exact) mass is 398 g/mol. The van der Waals surface area contributed by atoms with E-state index in [0.29, 0.717) is 20.9 Å². The quantitative estimate of drug-likeness (QED) is 0.202. The molecule has 0 unspecified atom stereocenters. The molecule has 0 aliphatic carbocycles. The molecule has 0 amide bonds. The maximum absolute atomic E-state index is 11.5. The Kier molecular flexibility index (Phi) is 9.06. The molecule has 0 aliphatic heterocycles. The number of nitrogens with one attached hydrogen (secondary N) is 1. The zero-order valence-corrected chi connectivity index (χ0v) is 16.2. The van der Waals surface area contributed by atoms with Crippen molar-refractivity contribution in [3.05, 3.63) is 45.6 Å². The van der Waals surface area contributed by atoms with Crippen LogP contribution in [0, 0.1) is 11.3 Å². The minimum absolute atomic E-state index is 0.183. The summed E-state index contributed by atoms with van der Waals surface area (Å²) in [6, 6.07) is 6.93. The molecule has 0 aliphatic rings. The molecule has 1 N–H and O–H groups in total. The molecule has 0 fully saturated rings. The Hall–Kier alpha value is -2.01. The predicted octanol–water partition coefficient (Wildman–Crippen LogP) is 4.00. The number of ether oxygens (including phenoxy) is 1. The second-order valence-corrected chi connectivity index (χ2v) is 6.06. The summed E-state index contributed by atoms with van der Waals surface area (Å²) in [7, 11) is 0. The lowest BCUT2D eigenvalue weighted by Gasteiger charge is -2.05. The minimum atomic E-state index is -0.718.